The maximum Gasteiger partial charge on any atom is 0.469 e. The number of hydrogen-bond donors (Lipinski definition) is 3. The van der Waals surface area contributed by atoms with Crippen molar-refractivity contribution in [2.24, 2.45) is 5.11 Å². The Kier molecular flexibility index (Phi) is 17.1. The first-order valence-electron chi connectivity index (χ1n) is 10.3. The van der Waals surface area contributed by atoms with Crippen LogP contribution in [0.3, 0.4) is 0 Å². The molecule has 0 aromatic heterocycles. The molecular formula is C18H38N3O5P. The lowest BCUT2D eigenvalue weighted by Crippen LogP contribution is -2.28. The van der Waals surface area contributed by atoms with E-state index in [0.717, 1.165) is 19.3 Å². The van der Waals surface area contributed by atoms with Crippen molar-refractivity contribution >= 4 is 7.82 Å². The summed E-state index contributed by atoms with van der Waals surface area (Å²) in [6, 6.07) is -0.986. The zero-order valence-corrected chi connectivity index (χ0v) is 17.6. The lowest BCUT2D eigenvalue weighted by Gasteiger charge is -2.18. The molecule has 0 aliphatic heterocycles. The van der Waals surface area contributed by atoms with Crippen LogP contribution in [0.2, 0.25) is 0 Å². The minimum absolute atomic E-state index is 0.423. The molecule has 0 saturated carbocycles. The van der Waals surface area contributed by atoms with Gasteiger partial charge in [-0.25, -0.2) is 4.57 Å². The average molecular weight is 407 g/mol. The predicted octanol–water partition coefficient (Wildman–Crippen LogP) is 5.62. The van der Waals surface area contributed by atoms with Crippen molar-refractivity contribution in [2.45, 2.75) is 109 Å². The first-order valence-corrected chi connectivity index (χ1v) is 11.9. The predicted molar refractivity (Wildman–Crippen MR) is 107 cm³/mol. The SMILES string of the molecule is CCCCCCCCCCCCCCC[C@@H](O)C(COP(=O)(O)O)N=[N+]=[N-]. The number of phosphoric ester groups is 1. The van der Waals surface area contributed by atoms with E-state index in [1.165, 1.54) is 64.2 Å². The number of aliphatic hydroxyl groups excluding tert-OH is 1. The van der Waals surface area contributed by atoms with Crippen molar-refractivity contribution in [1.82, 2.24) is 0 Å². The van der Waals surface area contributed by atoms with Crippen molar-refractivity contribution < 1.29 is 24.0 Å². The summed E-state index contributed by atoms with van der Waals surface area (Å²) in [5.74, 6) is 0. The van der Waals surface area contributed by atoms with Crippen LogP contribution in [-0.4, -0.2) is 33.6 Å². The normalized spacial score (nSPS) is 13.9. The molecule has 0 saturated heterocycles. The van der Waals surface area contributed by atoms with Crippen LogP contribution < -0.4 is 0 Å². The molecule has 0 aliphatic carbocycles. The molecule has 0 rings (SSSR count). The molecule has 2 atom stereocenters. The average Bonchev–Trinajstić information content (AvgIpc) is 2.61. The maximum absolute atomic E-state index is 10.7. The van der Waals surface area contributed by atoms with E-state index in [0.29, 0.717) is 6.42 Å². The lowest BCUT2D eigenvalue weighted by molar-refractivity contribution is 0.0933. The molecule has 27 heavy (non-hydrogen) atoms. The van der Waals surface area contributed by atoms with Gasteiger partial charge in [0.05, 0.1) is 18.8 Å². The van der Waals surface area contributed by atoms with E-state index < -0.39 is 26.6 Å². The first kappa shape index (κ1) is 26.4. The van der Waals surface area contributed by atoms with Gasteiger partial charge < -0.3 is 14.9 Å². The molecule has 0 radical (unpaired) electrons. The second kappa shape index (κ2) is 17.5. The van der Waals surface area contributed by atoms with Crippen LogP contribution >= 0.6 is 7.82 Å². The molecular weight excluding hydrogens is 369 g/mol. The molecule has 0 amide bonds. The fraction of sp³-hybridized carbons (Fsp3) is 1.00. The number of aliphatic hydroxyl groups is 1. The standard InChI is InChI=1S/C18H38N3O5P/c1-2-3-4-5-6-7-8-9-10-11-12-13-14-15-18(22)17(20-21-19)16-26-27(23,24)25/h17-18,22H,2-16H2,1H3,(H2,23,24,25)/t17?,18-/m1/s1. The second-order valence-electron chi connectivity index (χ2n) is 7.16. The van der Waals surface area contributed by atoms with Crippen LogP contribution in [0.25, 0.3) is 10.4 Å². The van der Waals surface area contributed by atoms with Crippen molar-refractivity contribution in [3.8, 4) is 0 Å². The highest BCUT2D eigenvalue weighted by Gasteiger charge is 2.22. The number of rotatable bonds is 19. The van der Waals surface area contributed by atoms with Gasteiger partial charge in [0.2, 0.25) is 0 Å². The molecule has 1 unspecified atom stereocenters. The van der Waals surface area contributed by atoms with E-state index in [4.69, 9.17) is 15.3 Å². The van der Waals surface area contributed by atoms with Gasteiger partial charge in [-0.3, -0.25) is 4.52 Å². The van der Waals surface area contributed by atoms with Crippen LogP contribution in [0.1, 0.15) is 96.8 Å². The second-order valence-corrected chi connectivity index (χ2v) is 8.40. The molecule has 0 aliphatic rings. The molecule has 8 nitrogen and oxygen atoms in total. The quantitative estimate of drug-likeness (QED) is 0.0839. The van der Waals surface area contributed by atoms with Crippen molar-refractivity contribution in [2.75, 3.05) is 6.61 Å². The molecule has 9 heteroatoms. The fourth-order valence-electron chi connectivity index (χ4n) is 3.02. The Morgan fingerprint density at radius 1 is 0.926 bits per heavy atom. The summed E-state index contributed by atoms with van der Waals surface area (Å²) in [7, 11) is -4.64. The van der Waals surface area contributed by atoms with E-state index in [9.17, 15) is 9.67 Å². The number of azide groups is 1. The lowest BCUT2D eigenvalue weighted by atomic mass is 10.0. The van der Waals surface area contributed by atoms with E-state index in [-0.39, 0.29) is 0 Å². The molecule has 0 aromatic carbocycles. The van der Waals surface area contributed by atoms with Crippen LogP contribution in [0, 0.1) is 0 Å². The summed E-state index contributed by atoms with van der Waals surface area (Å²) < 4.78 is 15.0. The highest BCUT2D eigenvalue weighted by molar-refractivity contribution is 7.46. The molecule has 0 spiro atoms. The van der Waals surface area contributed by atoms with Gasteiger partial charge in [-0.2, -0.15) is 0 Å². The molecule has 0 heterocycles. The summed E-state index contributed by atoms with van der Waals surface area (Å²) in [6.45, 7) is 1.74. The van der Waals surface area contributed by atoms with Gasteiger partial charge in [0.25, 0.3) is 0 Å². The smallest absolute Gasteiger partial charge is 0.393 e. The van der Waals surface area contributed by atoms with E-state index in [1.807, 2.05) is 0 Å². The van der Waals surface area contributed by atoms with E-state index in [1.54, 1.807) is 0 Å². The monoisotopic (exact) mass is 407 g/mol. The minimum Gasteiger partial charge on any atom is -0.393 e. The topological polar surface area (TPSA) is 136 Å². The molecule has 0 fully saturated rings. The molecule has 160 valence electrons. The Bertz CT molecular complexity index is 441. The summed E-state index contributed by atoms with van der Waals surface area (Å²) in [5.41, 5.74) is 8.50. The van der Waals surface area contributed by atoms with E-state index >= 15 is 0 Å². The third-order valence-corrected chi connectivity index (χ3v) is 5.15. The van der Waals surface area contributed by atoms with Crippen LogP contribution in [-0.2, 0) is 9.09 Å². The summed E-state index contributed by atoms with van der Waals surface area (Å²) >= 11 is 0. The van der Waals surface area contributed by atoms with Gasteiger partial charge in [-0.1, -0.05) is 95.5 Å². The molecule has 0 bridgehead atoms. The number of hydrogen-bond acceptors (Lipinski definition) is 4. The van der Waals surface area contributed by atoms with Crippen LogP contribution in [0.4, 0.5) is 0 Å². The van der Waals surface area contributed by atoms with Gasteiger partial charge in [0.15, 0.2) is 0 Å². The van der Waals surface area contributed by atoms with Crippen LogP contribution in [0.5, 0.6) is 0 Å². The van der Waals surface area contributed by atoms with Gasteiger partial charge >= 0.3 is 7.82 Å². The Labute approximate surface area is 163 Å². The maximum atomic E-state index is 10.7. The summed E-state index contributed by atoms with van der Waals surface area (Å²) in [5, 5.41) is 13.4. The first-order chi connectivity index (χ1) is 12.9. The number of nitrogens with zero attached hydrogens (tertiary/aromatic N) is 3. The highest BCUT2D eigenvalue weighted by Crippen LogP contribution is 2.36. The minimum atomic E-state index is -4.64. The Morgan fingerprint density at radius 2 is 1.37 bits per heavy atom. The Balaban J connectivity index is 3.61. The summed E-state index contributed by atoms with van der Waals surface area (Å²) in [4.78, 5) is 20.0. The largest absolute Gasteiger partial charge is 0.469 e. The zero-order valence-electron chi connectivity index (χ0n) is 16.7. The number of phosphoric acid groups is 1. The van der Waals surface area contributed by atoms with Crippen LogP contribution in [0.15, 0.2) is 5.11 Å². The van der Waals surface area contributed by atoms with Gasteiger partial charge in [0.1, 0.15) is 0 Å². The van der Waals surface area contributed by atoms with Crippen molar-refractivity contribution in [3.63, 3.8) is 0 Å². The Morgan fingerprint density at radius 3 is 1.78 bits per heavy atom. The Hall–Kier alpha value is -0.620. The zero-order chi connectivity index (χ0) is 20.4. The third kappa shape index (κ3) is 18.5. The molecule has 0 aromatic rings. The van der Waals surface area contributed by atoms with Gasteiger partial charge in [-0.05, 0) is 12.0 Å². The van der Waals surface area contributed by atoms with Gasteiger partial charge in [-0.15, -0.1) is 0 Å². The third-order valence-electron chi connectivity index (χ3n) is 4.66. The number of unbranched alkanes of at least 4 members (excludes halogenated alkanes) is 12. The highest BCUT2D eigenvalue weighted by atomic mass is 31.2. The van der Waals surface area contributed by atoms with E-state index in [2.05, 4.69) is 21.5 Å². The summed E-state index contributed by atoms with van der Waals surface area (Å²) in [6.07, 6.45) is 15.5. The molecule has 3 N–H and O–H groups in total. The van der Waals surface area contributed by atoms with Gasteiger partial charge in [0, 0.05) is 4.91 Å². The van der Waals surface area contributed by atoms with Crippen molar-refractivity contribution in [3.05, 3.63) is 10.4 Å². The fourth-order valence-corrected chi connectivity index (χ4v) is 3.37. The van der Waals surface area contributed by atoms with Crippen molar-refractivity contribution in [1.29, 1.82) is 0 Å².